The van der Waals surface area contributed by atoms with Crippen molar-refractivity contribution in [1.29, 1.82) is 0 Å². The van der Waals surface area contributed by atoms with E-state index in [-0.39, 0.29) is 19.2 Å². The van der Waals surface area contributed by atoms with Crippen LogP contribution in [0.1, 0.15) is 52.4 Å². The number of hydrogen-bond acceptors (Lipinski definition) is 6. The molecule has 6 nitrogen and oxygen atoms in total. The van der Waals surface area contributed by atoms with E-state index < -0.39 is 23.9 Å². The number of esters is 2. The van der Waals surface area contributed by atoms with Crippen LogP contribution < -0.4 is 0 Å². The van der Waals surface area contributed by atoms with Gasteiger partial charge in [0.05, 0.1) is 25.6 Å². The molecule has 6 heteroatoms. The zero-order valence-corrected chi connectivity index (χ0v) is 15.2. The van der Waals surface area contributed by atoms with Crippen molar-refractivity contribution in [2.24, 2.45) is 17.8 Å². The van der Waals surface area contributed by atoms with Gasteiger partial charge in [-0.3, -0.25) is 9.59 Å². The van der Waals surface area contributed by atoms with Gasteiger partial charge in [0.15, 0.2) is 0 Å². The van der Waals surface area contributed by atoms with Crippen LogP contribution in [0.4, 0.5) is 0 Å². The number of aliphatic hydroxyl groups is 1. The van der Waals surface area contributed by atoms with E-state index in [1.807, 2.05) is 0 Å². The molecule has 0 aromatic heterocycles. The Bertz CT molecular complexity index is 384. The van der Waals surface area contributed by atoms with Crippen molar-refractivity contribution in [3.05, 3.63) is 0 Å². The number of rotatable bonds is 10. The van der Waals surface area contributed by atoms with Crippen molar-refractivity contribution in [3.63, 3.8) is 0 Å². The number of aliphatic hydroxyl groups excluding tert-OH is 1. The van der Waals surface area contributed by atoms with Crippen LogP contribution in [0.5, 0.6) is 0 Å². The minimum absolute atomic E-state index is 0.106. The zero-order valence-electron chi connectivity index (χ0n) is 15.2. The first kappa shape index (κ1) is 20.9. The van der Waals surface area contributed by atoms with E-state index in [2.05, 4.69) is 13.8 Å². The molecule has 0 spiro atoms. The number of carbonyl (C=O) groups excluding carboxylic acids is 2. The number of carbonyl (C=O) groups is 2. The number of ether oxygens (including phenoxy) is 3. The first-order valence-electron chi connectivity index (χ1n) is 8.99. The lowest BCUT2D eigenvalue weighted by Crippen LogP contribution is -2.38. The smallest absolute Gasteiger partial charge is 0.309 e. The van der Waals surface area contributed by atoms with Crippen molar-refractivity contribution < 1.29 is 28.9 Å². The van der Waals surface area contributed by atoms with E-state index in [1.165, 1.54) is 7.11 Å². The predicted octanol–water partition coefficient (Wildman–Crippen LogP) is 2.32. The zero-order chi connectivity index (χ0) is 17.9. The van der Waals surface area contributed by atoms with E-state index in [9.17, 15) is 14.7 Å². The van der Waals surface area contributed by atoms with Gasteiger partial charge >= 0.3 is 11.9 Å². The predicted molar refractivity (Wildman–Crippen MR) is 89.3 cm³/mol. The third kappa shape index (κ3) is 7.18. The lowest BCUT2D eigenvalue weighted by molar-refractivity contribution is -0.164. The van der Waals surface area contributed by atoms with Gasteiger partial charge in [0.25, 0.3) is 0 Å². The van der Waals surface area contributed by atoms with Crippen LogP contribution in [-0.4, -0.2) is 50.1 Å². The largest absolute Gasteiger partial charge is 0.469 e. The minimum Gasteiger partial charge on any atom is -0.469 e. The molecule has 1 aliphatic rings. The van der Waals surface area contributed by atoms with Crippen molar-refractivity contribution in [2.75, 3.05) is 26.9 Å². The summed E-state index contributed by atoms with van der Waals surface area (Å²) in [5.41, 5.74) is 0. The SMILES string of the molecule is CCCCCOCC(O)COC(=O)C1CC(C)CCC1C(=O)OC. The fraction of sp³-hybridized carbons (Fsp3) is 0.889. The maximum atomic E-state index is 12.3. The molecule has 0 radical (unpaired) electrons. The molecule has 1 N–H and O–H groups in total. The number of hydrogen-bond donors (Lipinski definition) is 1. The van der Waals surface area contributed by atoms with Gasteiger partial charge in [-0.25, -0.2) is 0 Å². The van der Waals surface area contributed by atoms with Crippen LogP contribution in [0.15, 0.2) is 0 Å². The van der Waals surface area contributed by atoms with E-state index in [0.717, 1.165) is 25.7 Å². The fourth-order valence-corrected chi connectivity index (χ4v) is 3.08. The molecule has 1 aliphatic carbocycles. The Labute approximate surface area is 144 Å². The maximum Gasteiger partial charge on any atom is 0.309 e. The van der Waals surface area contributed by atoms with Crippen molar-refractivity contribution >= 4 is 11.9 Å². The van der Waals surface area contributed by atoms with Crippen molar-refractivity contribution in [3.8, 4) is 0 Å². The first-order chi connectivity index (χ1) is 11.5. The average Bonchev–Trinajstić information content (AvgIpc) is 2.58. The summed E-state index contributed by atoms with van der Waals surface area (Å²) in [6.45, 7) is 4.82. The Hall–Kier alpha value is -1.14. The fourth-order valence-electron chi connectivity index (χ4n) is 3.08. The topological polar surface area (TPSA) is 82.1 Å². The molecule has 1 fully saturated rings. The first-order valence-corrected chi connectivity index (χ1v) is 8.99. The summed E-state index contributed by atoms with van der Waals surface area (Å²) in [7, 11) is 1.34. The Kier molecular flexibility index (Phi) is 9.95. The molecule has 24 heavy (non-hydrogen) atoms. The Morgan fingerprint density at radius 1 is 1.12 bits per heavy atom. The van der Waals surface area contributed by atoms with E-state index in [4.69, 9.17) is 14.2 Å². The second-order valence-corrected chi connectivity index (χ2v) is 6.72. The van der Waals surface area contributed by atoms with Crippen LogP contribution in [0, 0.1) is 17.8 Å². The summed E-state index contributed by atoms with van der Waals surface area (Å²) < 4.78 is 15.4. The molecule has 0 aromatic rings. The van der Waals surface area contributed by atoms with Crippen LogP contribution in [-0.2, 0) is 23.8 Å². The second kappa shape index (κ2) is 11.4. The summed E-state index contributed by atoms with van der Waals surface area (Å²) in [6.07, 6.45) is 4.48. The molecule has 1 saturated carbocycles. The standard InChI is InChI=1S/C18H32O6/c1-4-5-6-9-23-11-14(19)12-24-18(21)16-10-13(2)7-8-15(16)17(20)22-3/h13-16,19H,4-12H2,1-3H3. The summed E-state index contributed by atoms with van der Waals surface area (Å²) in [5, 5.41) is 9.83. The van der Waals surface area contributed by atoms with E-state index in [1.54, 1.807) is 0 Å². The lowest BCUT2D eigenvalue weighted by Gasteiger charge is -2.31. The normalized spacial score (nSPS) is 25.1. The highest BCUT2D eigenvalue weighted by atomic mass is 16.6. The average molecular weight is 344 g/mol. The lowest BCUT2D eigenvalue weighted by atomic mass is 9.74. The molecule has 4 atom stereocenters. The van der Waals surface area contributed by atoms with Crippen LogP contribution in [0.2, 0.25) is 0 Å². The third-order valence-electron chi connectivity index (χ3n) is 4.54. The molecule has 0 amide bonds. The van der Waals surface area contributed by atoms with Crippen molar-refractivity contribution in [1.82, 2.24) is 0 Å². The molecule has 0 heterocycles. The highest BCUT2D eigenvalue weighted by Gasteiger charge is 2.39. The molecule has 1 rings (SSSR count). The Morgan fingerprint density at radius 3 is 2.54 bits per heavy atom. The molecule has 140 valence electrons. The van der Waals surface area contributed by atoms with Gasteiger partial charge in [-0.05, 0) is 31.6 Å². The number of unbranched alkanes of at least 4 members (excludes halogenated alkanes) is 2. The molecule has 0 saturated heterocycles. The van der Waals surface area contributed by atoms with Gasteiger partial charge in [0.1, 0.15) is 12.7 Å². The van der Waals surface area contributed by atoms with E-state index >= 15 is 0 Å². The highest BCUT2D eigenvalue weighted by Crippen LogP contribution is 2.35. The van der Waals surface area contributed by atoms with Gasteiger partial charge in [-0.1, -0.05) is 26.7 Å². The molecular formula is C18H32O6. The van der Waals surface area contributed by atoms with Gasteiger partial charge in [0, 0.05) is 6.61 Å². The molecule has 0 aliphatic heterocycles. The summed E-state index contributed by atoms with van der Waals surface area (Å²) in [5.74, 6) is -1.35. The highest BCUT2D eigenvalue weighted by molar-refractivity contribution is 5.82. The molecule has 0 bridgehead atoms. The summed E-state index contributed by atoms with van der Waals surface area (Å²) in [6, 6.07) is 0. The summed E-state index contributed by atoms with van der Waals surface area (Å²) in [4.78, 5) is 24.2. The quantitative estimate of drug-likeness (QED) is 0.484. The second-order valence-electron chi connectivity index (χ2n) is 6.72. The van der Waals surface area contributed by atoms with Crippen molar-refractivity contribution in [2.45, 2.75) is 58.5 Å². The van der Waals surface area contributed by atoms with Crippen LogP contribution in [0.25, 0.3) is 0 Å². The van der Waals surface area contributed by atoms with Crippen LogP contribution in [0.3, 0.4) is 0 Å². The minimum atomic E-state index is -0.840. The molecule has 0 aromatic carbocycles. The van der Waals surface area contributed by atoms with Gasteiger partial charge in [0.2, 0.25) is 0 Å². The molecular weight excluding hydrogens is 312 g/mol. The third-order valence-corrected chi connectivity index (χ3v) is 4.54. The van der Waals surface area contributed by atoms with Gasteiger partial charge in [-0.15, -0.1) is 0 Å². The Balaban J connectivity index is 2.37. The van der Waals surface area contributed by atoms with Crippen LogP contribution >= 0.6 is 0 Å². The monoisotopic (exact) mass is 344 g/mol. The number of methoxy groups -OCH3 is 1. The summed E-state index contributed by atoms with van der Waals surface area (Å²) >= 11 is 0. The van der Waals surface area contributed by atoms with E-state index in [0.29, 0.717) is 25.4 Å². The molecule has 4 unspecified atom stereocenters. The Morgan fingerprint density at radius 2 is 1.88 bits per heavy atom. The maximum absolute atomic E-state index is 12.3. The van der Waals surface area contributed by atoms with Gasteiger partial charge in [-0.2, -0.15) is 0 Å². The van der Waals surface area contributed by atoms with Gasteiger partial charge < -0.3 is 19.3 Å².